The number of hydrogen-bond donors (Lipinski definition) is 2. The molecule has 0 saturated carbocycles. The van der Waals surface area contributed by atoms with Crippen LogP contribution in [0, 0.1) is 0 Å². The molecule has 1 heterocycles. The zero-order chi connectivity index (χ0) is 11.4. The van der Waals surface area contributed by atoms with Crippen LogP contribution in [0.15, 0.2) is 41.1 Å². The third kappa shape index (κ3) is 2.38. The minimum Gasteiger partial charge on any atom is -0.508 e. The number of aromatic nitrogens is 1. The number of rotatable bonds is 3. The number of nitrogens with zero attached hydrogens (tertiary/aromatic N) is 1. The summed E-state index contributed by atoms with van der Waals surface area (Å²) in [6, 6.07) is 8.17. The van der Waals surface area contributed by atoms with Gasteiger partial charge in [0.05, 0.1) is 0 Å². The summed E-state index contributed by atoms with van der Waals surface area (Å²) >= 11 is 0. The van der Waals surface area contributed by atoms with Gasteiger partial charge in [-0.15, -0.1) is 0 Å². The lowest BCUT2D eigenvalue weighted by molar-refractivity contribution is 0.0942. The number of amides is 1. The average molecular weight is 218 g/mol. The number of carbonyl (C=O) groups is 1. The second-order valence-corrected chi connectivity index (χ2v) is 3.24. The molecular formula is C11H10N2O3. The van der Waals surface area contributed by atoms with Crippen molar-refractivity contribution in [1.82, 2.24) is 10.5 Å². The number of carbonyl (C=O) groups excluding carboxylic acids is 1. The molecule has 0 atom stereocenters. The lowest BCUT2D eigenvalue weighted by Gasteiger charge is -2.03. The topological polar surface area (TPSA) is 75.4 Å². The van der Waals surface area contributed by atoms with Crippen molar-refractivity contribution in [2.75, 3.05) is 0 Å². The van der Waals surface area contributed by atoms with E-state index in [4.69, 9.17) is 0 Å². The van der Waals surface area contributed by atoms with Crippen molar-refractivity contribution in [1.29, 1.82) is 0 Å². The van der Waals surface area contributed by atoms with Gasteiger partial charge in [0.2, 0.25) is 0 Å². The van der Waals surface area contributed by atoms with Crippen LogP contribution in [0.25, 0.3) is 0 Å². The van der Waals surface area contributed by atoms with E-state index >= 15 is 0 Å². The highest BCUT2D eigenvalue weighted by Crippen LogP contribution is 2.10. The van der Waals surface area contributed by atoms with Crippen LogP contribution in [0.1, 0.15) is 16.1 Å². The fourth-order valence-corrected chi connectivity index (χ4v) is 1.27. The van der Waals surface area contributed by atoms with Gasteiger partial charge in [-0.25, -0.2) is 0 Å². The molecule has 1 aromatic carbocycles. The largest absolute Gasteiger partial charge is 0.508 e. The van der Waals surface area contributed by atoms with Gasteiger partial charge in [-0.1, -0.05) is 17.3 Å². The SMILES string of the molecule is O=C(NCc1cccc(O)c1)c1ccon1. The van der Waals surface area contributed by atoms with Crippen molar-refractivity contribution in [2.24, 2.45) is 0 Å². The molecule has 16 heavy (non-hydrogen) atoms. The molecule has 2 aromatic rings. The van der Waals surface area contributed by atoms with E-state index in [9.17, 15) is 9.90 Å². The maximum absolute atomic E-state index is 11.5. The van der Waals surface area contributed by atoms with Crippen LogP contribution in [-0.2, 0) is 6.54 Å². The molecule has 82 valence electrons. The van der Waals surface area contributed by atoms with Crippen LogP contribution in [0.5, 0.6) is 5.75 Å². The van der Waals surface area contributed by atoms with Gasteiger partial charge in [-0.2, -0.15) is 0 Å². The molecule has 0 aliphatic heterocycles. The minimum atomic E-state index is -0.308. The number of phenols is 1. The molecule has 0 bridgehead atoms. The number of nitrogens with one attached hydrogen (secondary N) is 1. The van der Waals surface area contributed by atoms with Crippen molar-refractivity contribution in [3.63, 3.8) is 0 Å². The van der Waals surface area contributed by atoms with Gasteiger partial charge >= 0.3 is 0 Å². The molecule has 2 N–H and O–H groups in total. The van der Waals surface area contributed by atoms with Crippen molar-refractivity contribution in [3.8, 4) is 5.75 Å². The van der Waals surface area contributed by atoms with E-state index in [1.807, 2.05) is 6.07 Å². The van der Waals surface area contributed by atoms with Crippen LogP contribution in [0.2, 0.25) is 0 Å². The second-order valence-electron chi connectivity index (χ2n) is 3.24. The smallest absolute Gasteiger partial charge is 0.273 e. The lowest BCUT2D eigenvalue weighted by Crippen LogP contribution is -2.22. The van der Waals surface area contributed by atoms with Crippen LogP contribution in [0.4, 0.5) is 0 Å². The first-order chi connectivity index (χ1) is 7.75. The molecule has 1 aromatic heterocycles. The summed E-state index contributed by atoms with van der Waals surface area (Å²) in [6.07, 6.45) is 1.34. The Morgan fingerprint density at radius 3 is 3.00 bits per heavy atom. The zero-order valence-electron chi connectivity index (χ0n) is 8.38. The summed E-state index contributed by atoms with van der Waals surface area (Å²) < 4.78 is 4.56. The van der Waals surface area contributed by atoms with E-state index in [-0.39, 0.29) is 17.4 Å². The molecular weight excluding hydrogens is 208 g/mol. The maximum Gasteiger partial charge on any atom is 0.273 e. The minimum absolute atomic E-state index is 0.174. The molecule has 0 aliphatic rings. The monoisotopic (exact) mass is 218 g/mol. The summed E-state index contributed by atoms with van der Waals surface area (Å²) in [5.74, 6) is -0.134. The predicted octanol–water partition coefficient (Wildman–Crippen LogP) is 1.31. The first-order valence-electron chi connectivity index (χ1n) is 4.72. The Hall–Kier alpha value is -2.30. The molecule has 5 heteroatoms. The molecule has 5 nitrogen and oxygen atoms in total. The standard InChI is InChI=1S/C11H10N2O3/c14-9-3-1-2-8(6-9)7-12-11(15)10-4-5-16-13-10/h1-6,14H,7H2,(H,12,15). The second kappa shape index (κ2) is 4.48. The molecule has 0 aliphatic carbocycles. The highest BCUT2D eigenvalue weighted by molar-refractivity contribution is 5.91. The van der Waals surface area contributed by atoms with Gasteiger partial charge in [0.1, 0.15) is 12.0 Å². The van der Waals surface area contributed by atoms with E-state index in [1.54, 1.807) is 18.2 Å². The number of phenolic OH excluding ortho intramolecular Hbond substituents is 1. The average Bonchev–Trinajstić information content (AvgIpc) is 2.79. The van der Waals surface area contributed by atoms with Gasteiger partial charge in [0.15, 0.2) is 5.69 Å². The van der Waals surface area contributed by atoms with Gasteiger partial charge < -0.3 is 14.9 Å². The van der Waals surface area contributed by atoms with Gasteiger partial charge in [-0.3, -0.25) is 4.79 Å². The van der Waals surface area contributed by atoms with Gasteiger partial charge in [0.25, 0.3) is 5.91 Å². The van der Waals surface area contributed by atoms with E-state index in [0.29, 0.717) is 6.54 Å². The van der Waals surface area contributed by atoms with Crippen LogP contribution in [-0.4, -0.2) is 16.2 Å². The predicted molar refractivity (Wildman–Crippen MR) is 55.8 cm³/mol. The fourth-order valence-electron chi connectivity index (χ4n) is 1.27. The normalized spacial score (nSPS) is 10.0. The summed E-state index contributed by atoms with van der Waals surface area (Å²) in [4.78, 5) is 11.5. The highest BCUT2D eigenvalue weighted by Gasteiger charge is 2.07. The Morgan fingerprint density at radius 1 is 1.44 bits per heavy atom. The first-order valence-corrected chi connectivity index (χ1v) is 4.72. The van der Waals surface area contributed by atoms with Gasteiger partial charge in [0, 0.05) is 12.6 Å². The van der Waals surface area contributed by atoms with Crippen molar-refractivity contribution in [2.45, 2.75) is 6.54 Å². The first kappa shape index (κ1) is 10.2. The zero-order valence-corrected chi connectivity index (χ0v) is 8.38. The summed E-state index contributed by atoms with van der Waals surface area (Å²) in [5.41, 5.74) is 1.05. The number of hydrogen-bond acceptors (Lipinski definition) is 4. The number of benzene rings is 1. The lowest BCUT2D eigenvalue weighted by atomic mass is 10.2. The molecule has 0 radical (unpaired) electrons. The van der Waals surface area contributed by atoms with Crippen LogP contribution in [0.3, 0.4) is 0 Å². The Labute approximate surface area is 91.7 Å². The van der Waals surface area contributed by atoms with Crippen molar-refractivity contribution < 1.29 is 14.4 Å². The van der Waals surface area contributed by atoms with Crippen LogP contribution >= 0.6 is 0 Å². The Kier molecular flexibility index (Phi) is 2.86. The Bertz CT molecular complexity index is 480. The van der Waals surface area contributed by atoms with E-state index < -0.39 is 0 Å². The highest BCUT2D eigenvalue weighted by atomic mass is 16.5. The maximum atomic E-state index is 11.5. The molecule has 0 spiro atoms. The fraction of sp³-hybridized carbons (Fsp3) is 0.0909. The van der Waals surface area contributed by atoms with Crippen molar-refractivity contribution >= 4 is 5.91 Å². The van der Waals surface area contributed by atoms with E-state index in [1.165, 1.54) is 12.3 Å². The molecule has 0 unspecified atom stereocenters. The molecule has 2 rings (SSSR count). The quantitative estimate of drug-likeness (QED) is 0.814. The summed E-state index contributed by atoms with van der Waals surface area (Å²) in [6.45, 7) is 0.333. The van der Waals surface area contributed by atoms with E-state index in [0.717, 1.165) is 5.56 Å². The van der Waals surface area contributed by atoms with Crippen LogP contribution < -0.4 is 5.32 Å². The molecule has 0 fully saturated rings. The Balaban J connectivity index is 1.95. The number of aromatic hydroxyl groups is 1. The third-order valence-electron chi connectivity index (χ3n) is 2.03. The third-order valence-corrected chi connectivity index (χ3v) is 2.03. The Morgan fingerprint density at radius 2 is 2.31 bits per heavy atom. The van der Waals surface area contributed by atoms with E-state index in [2.05, 4.69) is 15.0 Å². The molecule has 1 amide bonds. The molecule has 0 saturated heterocycles. The van der Waals surface area contributed by atoms with Gasteiger partial charge in [-0.05, 0) is 17.7 Å². The summed E-state index contributed by atoms with van der Waals surface area (Å²) in [7, 11) is 0. The summed E-state index contributed by atoms with van der Waals surface area (Å²) in [5, 5.41) is 15.4. The van der Waals surface area contributed by atoms with Crippen molar-refractivity contribution in [3.05, 3.63) is 47.9 Å².